The summed E-state index contributed by atoms with van der Waals surface area (Å²) in [5, 5.41) is 18.2. The van der Waals surface area contributed by atoms with Crippen LogP contribution >= 0.6 is 0 Å². The van der Waals surface area contributed by atoms with Gasteiger partial charge in [-0.15, -0.1) is 0 Å². The summed E-state index contributed by atoms with van der Waals surface area (Å²) in [4.78, 5) is 23.8. The van der Waals surface area contributed by atoms with Gasteiger partial charge in [-0.05, 0) is 50.3 Å². The van der Waals surface area contributed by atoms with Gasteiger partial charge >= 0.3 is 0 Å². The third kappa shape index (κ3) is 2.65. The number of imide groups is 1. The lowest BCUT2D eigenvalue weighted by Gasteiger charge is -2.27. The Kier molecular flexibility index (Phi) is 3.79. The molecule has 1 unspecified atom stereocenters. The quantitative estimate of drug-likeness (QED) is 0.679. The van der Waals surface area contributed by atoms with E-state index in [2.05, 4.69) is 27.3 Å². The maximum Gasteiger partial charge on any atom is 0.235 e. The Balaban J connectivity index is 1.60. The number of nitrogens with zero attached hydrogens (tertiary/aromatic N) is 2. The van der Waals surface area contributed by atoms with Crippen LogP contribution in [0.4, 0.5) is 0 Å². The first-order valence-electron chi connectivity index (χ1n) is 9.52. The summed E-state index contributed by atoms with van der Waals surface area (Å²) in [6.45, 7) is 0. The highest BCUT2D eigenvalue weighted by atomic mass is 16.5. The summed E-state index contributed by atoms with van der Waals surface area (Å²) in [5.41, 5.74) is 2.34. The molecule has 2 N–H and O–H groups in total. The van der Waals surface area contributed by atoms with Gasteiger partial charge in [-0.3, -0.25) is 14.9 Å². The first-order valence-corrected chi connectivity index (χ1v) is 9.52. The molecule has 2 amide bonds. The fourth-order valence-corrected chi connectivity index (χ4v) is 4.55. The minimum absolute atomic E-state index is 0.188. The number of piperidine rings is 1. The summed E-state index contributed by atoms with van der Waals surface area (Å²) in [5.74, 6) is -1.01. The van der Waals surface area contributed by atoms with Crippen molar-refractivity contribution >= 4 is 33.7 Å². The van der Waals surface area contributed by atoms with Crippen LogP contribution in [0.25, 0.3) is 21.9 Å². The number of hydrogen-bond acceptors (Lipinski definition) is 5. The molecule has 2 aromatic heterocycles. The molecule has 1 saturated heterocycles. The average molecular weight is 367 g/mol. The summed E-state index contributed by atoms with van der Waals surface area (Å²) in [6, 6.07) is 6.34. The van der Waals surface area contributed by atoms with Gasteiger partial charge in [-0.25, -0.2) is 0 Å². The van der Waals surface area contributed by atoms with Crippen LogP contribution < -0.4 is 5.32 Å². The van der Waals surface area contributed by atoms with E-state index in [1.165, 1.54) is 0 Å². The lowest BCUT2D eigenvalue weighted by atomic mass is 9.91. The van der Waals surface area contributed by atoms with Crippen LogP contribution in [-0.2, 0) is 9.59 Å². The van der Waals surface area contributed by atoms with E-state index in [0.29, 0.717) is 30.2 Å². The number of amides is 2. The second-order valence-corrected chi connectivity index (χ2v) is 7.63. The fourth-order valence-electron chi connectivity index (χ4n) is 4.55. The van der Waals surface area contributed by atoms with Crippen LogP contribution in [0.3, 0.4) is 0 Å². The lowest BCUT2D eigenvalue weighted by molar-refractivity contribution is -0.134. The van der Waals surface area contributed by atoms with Crippen LogP contribution in [-0.4, -0.2) is 32.7 Å². The monoisotopic (exact) mass is 367 g/mol. The normalized spacial score (nSPS) is 26.6. The Morgan fingerprint density at radius 2 is 1.93 bits per heavy atom. The molecule has 140 valence electrons. The van der Waals surface area contributed by atoms with Crippen LogP contribution in [0.15, 0.2) is 28.9 Å². The molecule has 1 saturated carbocycles. The van der Waals surface area contributed by atoms with E-state index in [9.17, 15) is 14.7 Å². The molecule has 27 heavy (non-hydrogen) atoms. The van der Waals surface area contributed by atoms with E-state index >= 15 is 0 Å². The zero-order chi connectivity index (χ0) is 18.5. The van der Waals surface area contributed by atoms with Crippen LogP contribution in [0, 0.1) is 0 Å². The minimum atomic E-state index is -0.470. The van der Waals surface area contributed by atoms with Crippen molar-refractivity contribution in [2.75, 3.05) is 0 Å². The van der Waals surface area contributed by atoms with E-state index in [1.54, 1.807) is 0 Å². The van der Waals surface area contributed by atoms with E-state index < -0.39 is 5.92 Å². The molecule has 3 aromatic rings. The van der Waals surface area contributed by atoms with Gasteiger partial charge in [0.2, 0.25) is 11.8 Å². The molecule has 1 aromatic carbocycles. The zero-order valence-corrected chi connectivity index (χ0v) is 14.9. The van der Waals surface area contributed by atoms with E-state index in [0.717, 1.165) is 42.0 Å². The van der Waals surface area contributed by atoms with Gasteiger partial charge in [0.15, 0.2) is 5.58 Å². The lowest BCUT2D eigenvalue weighted by Crippen LogP contribution is -2.39. The van der Waals surface area contributed by atoms with E-state index in [1.807, 2.05) is 12.1 Å². The van der Waals surface area contributed by atoms with Crippen molar-refractivity contribution in [2.45, 2.75) is 56.6 Å². The van der Waals surface area contributed by atoms with Crippen molar-refractivity contribution in [1.29, 1.82) is 0 Å². The number of benzene rings is 1. The highest BCUT2D eigenvalue weighted by Crippen LogP contribution is 2.38. The first kappa shape index (κ1) is 16.5. The number of aliphatic hydroxyl groups is 1. The standard InChI is InChI=1S/C20H21N3O4/c24-12-3-1-11(2-4-12)23-10-9-13-15(23)6-7-16-18(13)19(22-27-16)14-5-8-17(25)21-20(14)26/h6-7,9-12,14,24H,1-5,8H2,(H,21,25,26)/t11-,12-,14?. The topological polar surface area (TPSA) is 97.4 Å². The number of rotatable bonds is 2. The third-order valence-electron chi connectivity index (χ3n) is 5.99. The van der Waals surface area contributed by atoms with Crippen molar-refractivity contribution in [1.82, 2.24) is 15.0 Å². The molecule has 2 fully saturated rings. The molecule has 0 radical (unpaired) electrons. The molecule has 1 aliphatic heterocycles. The van der Waals surface area contributed by atoms with Gasteiger partial charge < -0.3 is 14.2 Å². The van der Waals surface area contributed by atoms with Crippen LogP contribution in [0.2, 0.25) is 0 Å². The number of hydrogen-bond donors (Lipinski definition) is 2. The summed E-state index contributed by atoms with van der Waals surface area (Å²) < 4.78 is 7.76. The second kappa shape index (κ2) is 6.20. The van der Waals surface area contributed by atoms with Gasteiger partial charge in [-0.1, -0.05) is 5.16 Å². The molecule has 7 heteroatoms. The third-order valence-corrected chi connectivity index (χ3v) is 5.99. The van der Waals surface area contributed by atoms with Gasteiger partial charge in [0, 0.05) is 29.6 Å². The summed E-state index contributed by atoms with van der Waals surface area (Å²) >= 11 is 0. The minimum Gasteiger partial charge on any atom is -0.393 e. The molecule has 1 atom stereocenters. The van der Waals surface area contributed by atoms with Crippen LogP contribution in [0.1, 0.15) is 56.2 Å². The maximum atomic E-state index is 12.3. The molecule has 1 aliphatic carbocycles. The van der Waals surface area contributed by atoms with Crippen LogP contribution in [0.5, 0.6) is 0 Å². The van der Waals surface area contributed by atoms with Gasteiger partial charge in [0.1, 0.15) is 5.69 Å². The largest absolute Gasteiger partial charge is 0.393 e. The zero-order valence-electron chi connectivity index (χ0n) is 14.9. The Bertz CT molecular complexity index is 1040. The van der Waals surface area contributed by atoms with Crippen molar-refractivity contribution in [3.63, 3.8) is 0 Å². The molecule has 0 spiro atoms. The number of fused-ring (bicyclic) bond motifs is 3. The highest BCUT2D eigenvalue weighted by molar-refractivity contribution is 6.09. The number of nitrogens with one attached hydrogen (secondary N) is 1. The predicted octanol–water partition coefficient (Wildman–Crippen LogP) is 2.78. The summed E-state index contributed by atoms with van der Waals surface area (Å²) in [6.07, 6.45) is 6.19. The molecule has 3 heterocycles. The van der Waals surface area contributed by atoms with Gasteiger partial charge in [0.05, 0.1) is 17.4 Å². The fraction of sp³-hybridized carbons (Fsp3) is 0.450. The van der Waals surface area contributed by atoms with Crippen molar-refractivity contribution in [3.05, 3.63) is 30.1 Å². The first-order chi connectivity index (χ1) is 13.1. The molecule has 5 rings (SSSR count). The van der Waals surface area contributed by atoms with Crippen molar-refractivity contribution in [3.8, 4) is 0 Å². The second-order valence-electron chi connectivity index (χ2n) is 7.63. The Hall–Kier alpha value is -2.67. The van der Waals surface area contributed by atoms with Crippen molar-refractivity contribution in [2.24, 2.45) is 0 Å². The van der Waals surface area contributed by atoms with E-state index in [4.69, 9.17) is 4.52 Å². The Morgan fingerprint density at radius 1 is 1.11 bits per heavy atom. The molecular weight excluding hydrogens is 346 g/mol. The van der Waals surface area contributed by atoms with Crippen molar-refractivity contribution < 1.29 is 19.2 Å². The number of aliphatic hydroxyl groups excluding tert-OH is 1. The Morgan fingerprint density at radius 3 is 2.70 bits per heavy atom. The van der Waals surface area contributed by atoms with E-state index in [-0.39, 0.29) is 17.9 Å². The molecular formula is C20H21N3O4. The SMILES string of the molecule is O=C1CCC(c2noc3ccc4c(ccn4[C@H]4CC[C@H](O)CC4)c23)C(=O)N1. The number of carbonyl (C=O) groups excluding carboxylic acids is 2. The highest BCUT2D eigenvalue weighted by Gasteiger charge is 2.33. The smallest absolute Gasteiger partial charge is 0.235 e. The molecule has 2 aliphatic rings. The molecule has 0 bridgehead atoms. The van der Waals surface area contributed by atoms with Gasteiger partial charge in [0.25, 0.3) is 0 Å². The maximum absolute atomic E-state index is 12.3. The summed E-state index contributed by atoms with van der Waals surface area (Å²) in [7, 11) is 0. The van der Waals surface area contributed by atoms with Gasteiger partial charge in [-0.2, -0.15) is 0 Å². The molecule has 7 nitrogen and oxygen atoms in total. The Labute approximate surface area is 155 Å². The average Bonchev–Trinajstić information content (AvgIpc) is 3.26. The number of carbonyl (C=O) groups is 2. The number of aromatic nitrogens is 2. The predicted molar refractivity (Wildman–Crippen MR) is 98.1 cm³/mol.